The number of halogens is 1. The molecule has 0 radical (unpaired) electrons. The number of esters is 1. The zero-order chi connectivity index (χ0) is 18.7. The van der Waals surface area contributed by atoms with Gasteiger partial charge in [0.15, 0.2) is 17.6 Å². The van der Waals surface area contributed by atoms with Crippen LogP contribution in [-0.4, -0.2) is 30.4 Å². The lowest BCUT2D eigenvalue weighted by atomic mass is 10.2. The van der Waals surface area contributed by atoms with Gasteiger partial charge < -0.3 is 18.6 Å². The van der Waals surface area contributed by atoms with Gasteiger partial charge in [0.05, 0.1) is 29.7 Å². The highest BCUT2D eigenvalue weighted by Crippen LogP contribution is 2.36. The molecule has 26 heavy (non-hydrogen) atoms. The van der Waals surface area contributed by atoms with Crippen LogP contribution < -0.4 is 9.47 Å². The summed E-state index contributed by atoms with van der Waals surface area (Å²) >= 11 is 7.60. The number of aromatic nitrogens is 2. The molecular weight excluding hydrogens is 380 g/mol. The van der Waals surface area contributed by atoms with Crippen LogP contribution in [0.1, 0.15) is 29.3 Å². The van der Waals surface area contributed by atoms with E-state index in [2.05, 4.69) is 10.2 Å². The Morgan fingerprint density at radius 3 is 2.73 bits per heavy atom. The van der Waals surface area contributed by atoms with Crippen LogP contribution in [0.15, 0.2) is 34.1 Å². The highest BCUT2D eigenvalue weighted by atomic mass is 35.5. The van der Waals surface area contributed by atoms with Crippen molar-refractivity contribution >= 4 is 28.9 Å². The quantitative estimate of drug-likeness (QED) is 0.573. The van der Waals surface area contributed by atoms with Gasteiger partial charge in [0.25, 0.3) is 11.8 Å². The summed E-state index contributed by atoms with van der Waals surface area (Å²) < 4.78 is 21.3. The van der Waals surface area contributed by atoms with Crippen LogP contribution in [0.5, 0.6) is 11.5 Å². The van der Waals surface area contributed by atoms with Gasteiger partial charge in [-0.15, -0.1) is 21.5 Å². The topological polar surface area (TPSA) is 83.7 Å². The Hall–Kier alpha value is -2.58. The van der Waals surface area contributed by atoms with Crippen LogP contribution in [-0.2, 0) is 4.74 Å². The maximum absolute atomic E-state index is 12.4. The number of thiophene rings is 1. The Labute approximate surface area is 158 Å². The van der Waals surface area contributed by atoms with Gasteiger partial charge >= 0.3 is 5.97 Å². The number of ether oxygens (including phenoxy) is 3. The molecule has 0 aliphatic carbocycles. The maximum atomic E-state index is 12.4. The highest BCUT2D eigenvalue weighted by molar-refractivity contribution is 7.13. The van der Waals surface area contributed by atoms with Crippen molar-refractivity contribution in [2.75, 3.05) is 14.2 Å². The average Bonchev–Trinajstić information content (AvgIpc) is 3.31. The van der Waals surface area contributed by atoms with E-state index in [1.54, 1.807) is 6.92 Å². The van der Waals surface area contributed by atoms with Crippen molar-refractivity contribution in [3.63, 3.8) is 0 Å². The van der Waals surface area contributed by atoms with E-state index in [4.69, 9.17) is 30.2 Å². The van der Waals surface area contributed by atoms with Crippen LogP contribution in [0, 0.1) is 0 Å². The SMILES string of the molecule is COc1cc(C(=O)O[C@@H](C)c2nnc(-c3cccs3)o2)cc(Cl)c1OC. The lowest BCUT2D eigenvalue weighted by Gasteiger charge is -2.13. The van der Waals surface area contributed by atoms with Gasteiger partial charge in [0.2, 0.25) is 0 Å². The summed E-state index contributed by atoms with van der Waals surface area (Å²) in [5, 5.41) is 10.1. The summed E-state index contributed by atoms with van der Waals surface area (Å²) in [5.74, 6) is 0.658. The monoisotopic (exact) mass is 394 g/mol. The van der Waals surface area contributed by atoms with Crippen molar-refractivity contribution in [3.8, 4) is 22.3 Å². The molecule has 3 aromatic rings. The van der Waals surface area contributed by atoms with Crippen molar-refractivity contribution in [2.45, 2.75) is 13.0 Å². The minimum absolute atomic E-state index is 0.202. The van der Waals surface area contributed by atoms with Crippen LogP contribution in [0.3, 0.4) is 0 Å². The van der Waals surface area contributed by atoms with E-state index in [9.17, 15) is 4.79 Å². The second kappa shape index (κ2) is 7.76. The lowest BCUT2D eigenvalue weighted by molar-refractivity contribution is 0.0279. The fourth-order valence-electron chi connectivity index (χ4n) is 2.21. The molecule has 3 rings (SSSR count). The van der Waals surface area contributed by atoms with Crippen molar-refractivity contribution in [1.82, 2.24) is 10.2 Å². The first kappa shape index (κ1) is 18.2. The molecule has 0 spiro atoms. The Balaban J connectivity index is 1.76. The first-order valence-corrected chi connectivity index (χ1v) is 8.79. The van der Waals surface area contributed by atoms with Crippen LogP contribution in [0.4, 0.5) is 0 Å². The van der Waals surface area contributed by atoms with Gasteiger partial charge in [-0.2, -0.15) is 0 Å². The molecule has 1 aromatic carbocycles. The third-order valence-electron chi connectivity index (χ3n) is 3.47. The van der Waals surface area contributed by atoms with Crippen molar-refractivity contribution in [1.29, 1.82) is 0 Å². The predicted octanol–water partition coefficient (Wildman–Crippen LogP) is 4.39. The number of hydrogen-bond donors (Lipinski definition) is 0. The van der Waals surface area contributed by atoms with E-state index in [1.807, 2.05) is 17.5 Å². The minimum Gasteiger partial charge on any atom is -0.493 e. The molecule has 0 unspecified atom stereocenters. The number of rotatable bonds is 6. The van der Waals surface area contributed by atoms with Gasteiger partial charge in [0, 0.05) is 0 Å². The van der Waals surface area contributed by atoms with Gasteiger partial charge in [-0.1, -0.05) is 17.7 Å². The number of benzene rings is 1. The summed E-state index contributed by atoms with van der Waals surface area (Å²) in [4.78, 5) is 13.3. The average molecular weight is 395 g/mol. The molecule has 0 bridgehead atoms. The molecule has 0 saturated heterocycles. The molecule has 0 N–H and O–H groups in total. The summed E-state index contributed by atoms with van der Waals surface area (Å²) in [6.45, 7) is 1.64. The van der Waals surface area contributed by atoms with Crippen LogP contribution in [0.2, 0.25) is 5.02 Å². The number of methoxy groups -OCH3 is 2. The first-order chi connectivity index (χ1) is 12.5. The first-order valence-electron chi connectivity index (χ1n) is 7.53. The molecule has 0 aliphatic heterocycles. The zero-order valence-corrected chi connectivity index (χ0v) is 15.8. The Morgan fingerprint density at radius 2 is 2.08 bits per heavy atom. The molecular formula is C17H15ClN2O5S. The molecule has 2 heterocycles. The Morgan fingerprint density at radius 1 is 1.27 bits per heavy atom. The van der Waals surface area contributed by atoms with E-state index < -0.39 is 12.1 Å². The number of carbonyl (C=O) groups excluding carboxylic acids is 1. The van der Waals surface area contributed by atoms with E-state index in [0.717, 1.165) is 4.88 Å². The molecule has 0 fully saturated rings. The van der Waals surface area contributed by atoms with Crippen molar-refractivity contribution in [3.05, 3.63) is 46.1 Å². The minimum atomic E-state index is -0.726. The third-order valence-corrected chi connectivity index (χ3v) is 4.61. The van der Waals surface area contributed by atoms with Gasteiger partial charge in [-0.05, 0) is 30.5 Å². The van der Waals surface area contributed by atoms with Crippen LogP contribution in [0.25, 0.3) is 10.8 Å². The highest BCUT2D eigenvalue weighted by Gasteiger charge is 2.22. The predicted molar refractivity (Wildman–Crippen MR) is 96.0 cm³/mol. The number of carbonyl (C=O) groups is 1. The lowest BCUT2D eigenvalue weighted by Crippen LogP contribution is -2.10. The molecule has 136 valence electrons. The molecule has 2 aromatic heterocycles. The largest absolute Gasteiger partial charge is 0.493 e. The molecule has 0 saturated carbocycles. The van der Waals surface area contributed by atoms with Crippen molar-refractivity contribution < 1.29 is 23.4 Å². The second-order valence-corrected chi connectivity index (χ2v) is 6.52. The molecule has 1 atom stereocenters. The number of nitrogens with zero attached hydrogens (tertiary/aromatic N) is 2. The summed E-state index contributed by atoms with van der Waals surface area (Å²) in [6.07, 6.45) is -0.726. The molecule has 0 aliphatic rings. The molecule has 7 nitrogen and oxygen atoms in total. The Bertz CT molecular complexity index is 910. The van der Waals surface area contributed by atoms with Gasteiger partial charge in [-0.25, -0.2) is 4.79 Å². The smallest absolute Gasteiger partial charge is 0.339 e. The molecule has 0 amide bonds. The van der Waals surface area contributed by atoms with E-state index in [1.165, 1.54) is 37.7 Å². The molecule has 9 heteroatoms. The maximum Gasteiger partial charge on any atom is 0.339 e. The zero-order valence-electron chi connectivity index (χ0n) is 14.2. The normalized spacial score (nSPS) is 11.8. The van der Waals surface area contributed by atoms with Crippen LogP contribution >= 0.6 is 22.9 Å². The van der Waals surface area contributed by atoms with Crippen molar-refractivity contribution in [2.24, 2.45) is 0 Å². The third kappa shape index (κ3) is 3.66. The van der Waals surface area contributed by atoms with Gasteiger partial charge in [-0.3, -0.25) is 0 Å². The summed E-state index contributed by atoms with van der Waals surface area (Å²) in [6, 6.07) is 6.69. The summed E-state index contributed by atoms with van der Waals surface area (Å²) in [7, 11) is 2.92. The van der Waals surface area contributed by atoms with E-state index in [0.29, 0.717) is 17.4 Å². The fraction of sp³-hybridized carbons (Fsp3) is 0.235. The standard InChI is InChI=1S/C17H15ClN2O5S/c1-9(15-19-20-16(25-15)13-5-4-6-26-13)24-17(21)10-7-11(18)14(23-3)12(8-10)22-2/h4-9H,1-3H3/t9-/m0/s1. The Kier molecular flexibility index (Phi) is 5.43. The van der Waals surface area contributed by atoms with E-state index in [-0.39, 0.29) is 16.5 Å². The van der Waals surface area contributed by atoms with E-state index >= 15 is 0 Å². The summed E-state index contributed by atoms with van der Waals surface area (Å²) in [5.41, 5.74) is 0.220. The second-order valence-electron chi connectivity index (χ2n) is 5.16. The van der Waals surface area contributed by atoms with Gasteiger partial charge in [0.1, 0.15) is 0 Å². The fourth-order valence-corrected chi connectivity index (χ4v) is 3.15. The number of hydrogen-bond acceptors (Lipinski definition) is 8.